The van der Waals surface area contributed by atoms with Crippen LogP contribution in [0.3, 0.4) is 0 Å². The fourth-order valence-corrected chi connectivity index (χ4v) is 2.20. The molecule has 0 heterocycles. The van der Waals surface area contributed by atoms with E-state index in [1.54, 1.807) is 18.2 Å². The molecule has 0 saturated carbocycles. The normalized spacial score (nSPS) is 13.6. The van der Waals surface area contributed by atoms with Gasteiger partial charge in [0.15, 0.2) is 0 Å². The minimum atomic E-state index is -4.97. The molecule has 1 unspecified atom stereocenters. The van der Waals surface area contributed by atoms with Crippen LogP contribution in [0, 0.1) is 0 Å². The van der Waals surface area contributed by atoms with Gasteiger partial charge in [0.2, 0.25) is 5.60 Å². The summed E-state index contributed by atoms with van der Waals surface area (Å²) in [5.74, 6) is 0.354. The van der Waals surface area contributed by atoms with Crippen LogP contribution in [0.1, 0.15) is 5.56 Å². The van der Waals surface area contributed by atoms with Gasteiger partial charge in [-0.3, -0.25) is 0 Å². The molecule has 0 aliphatic rings. The summed E-state index contributed by atoms with van der Waals surface area (Å²) in [6.07, 6.45) is -4.97. The Kier molecular flexibility index (Phi) is 5.53. The number of anilines is 1. The summed E-state index contributed by atoms with van der Waals surface area (Å²) in [4.78, 5) is 11.9. The number of rotatable bonds is 5. The molecular formula is C17H17F3N2O3. The third-order valence-corrected chi connectivity index (χ3v) is 3.58. The van der Waals surface area contributed by atoms with E-state index in [9.17, 15) is 23.1 Å². The van der Waals surface area contributed by atoms with Gasteiger partial charge in [-0.2, -0.15) is 13.2 Å². The molecule has 0 bridgehead atoms. The summed E-state index contributed by atoms with van der Waals surface area (Å²) >= 11 is 0. The van der Waals surface area contributed by atoms with Crippen LogP contribution in [0.15, 0.2) is 54.6 Å². The molecule has 0 aromatic heterocycles. The maximum atomic E-state index is 13.3. The van der Waals surface area contributed by atoms with Crippen molar-refractivity contribution in [1.82, 2.24) is 5.32 Å². The molecule has 25 heavy (non-hydrogen) atoms. The highest BCUT2D eigenvalue weighted by atomic mass is 19.4. The first-order valence-corrected chi connectivity index (χ1v) is 7.30. The highest BCUT2D eigenvalue weighted by Gasteiger charge is 2.55. The van der Waals surface area contributed by atoms with Crippen LogP contribution in [-0.4, -0.2) is 31.0 Å². The fourth-order valence-electron chi connectivity index (χ4n) is 2.20. The van der Waals surface area contributed by atoms with E-state index in [2.05, 4.69) is 10.6 Å². The maximum Gasteiger partial charge on any atom is 0.423 e. The third-order valence-electron chi connectivity index (χ3n) is 3.58. The quantitative estimate of drug-likeness (QED) is 0.772. The molecule has 5 nitrogen and oxygen atoms in total. The molecule has 0 aliphatic carbocycles. The molecule has 2 aromatic rings. The predicted molar refractivity (Wildman–Crippen MR) is 86.4 cm³/mol. The zero-order chi connectivity index (χ0) is 18.5. The Hall–Kier alpha value is -2.74. The van der Waals surface area contributed by atoms with Crippen LogP contribution in [0.2, 0.25) is 0 Å². The van der Waals surface area contributed by atoms with E-state index >= 15 is 0 Å². The Morgan fingerprint density at radius 2 is 1.68 bits per heavy atom. The number of methoxy groups -OCH3 is 1. The number of nitrogens with one attached hydrogen (secondary N) is 2. The molecular weight excluding hydrogens is 337 g/mol. The summed E-state index contributed by atoms with van der Waals surface area (Å²) in [6, 6.07) is 12.1. The van der Waals surface area contributed by atoms with Gasteiger partial charge in [0.25, 0.3) is 0 Å². The Morgan fingerprint density at radius 3 is 2.28 bits per heavy atom. The molecule has 2 aromatic carbocycles. The van der Waals surface area contributed by atoms with E-state index in [4.69, 9.17) is 4.74 Å². The van der Waals surface area contributed by atoms with Crippen LogP contribution in [0.25, 0.3) is 0 Å². The minimum Gasteiger partial charge on any atom is -0.495 e. The molecule has 0 spiro atoms. The van der Waals surface area contributed by atoms with Crippen molar-refractivity contribution in [2.75, 3.05) is 19.0 Å². The van der Waals surface area contributed by atoms with Gasteiger partial charge in [0.1, 0.15) is 5.75 Å². The number of carbonyl (C=O) groups is 1. The summed E-state index contributed by atoms with van der Waals surface area (Å²) in [5, 5.41) is 14.6. The van der Waals surface area contributed by atoms with Crippen molar-refractivity contribution in [3.05, 3.63) is 60.2 Å². The van der Waals surface area contributed by atoms with Crippen molar-refractivity contribution in [3.8, 4) is 5.75 Å². The van der Waals surface area contributed by atoms with Gasteiger partial charge >= 0.3 is 12.2 Å². The molecule has 1 atom stereocenters. The Labute approximate surface area is 142 Å². The van der Waals surface area contributed by atoms with Crippen LogP contribution < -0.4 is 15.4 Å². The van der Waals surface area contributed by atoms with Gasteiger partial charge in [-0.15, -0.1) is 0 Å². The van der Waals surface area contributed by atoms with E-state index in [-0.39, 0.29) is 11.3 Å². The molecule has 3 N–H and O–H groups in total. The van der Waals surface area contributed by atoms with Crippen molar-refractivity contribution in [3.63, 3.8) is 0 Å². The lowest BCUT2D eigenvalue weighted by Gasteiger charge is -2.31. The van der Waals surface area contributed by atoms with E-state index in [0.29, 0.717) is 5.75 Å². The van der Waals surface area contributed by atoms with Crippen LogP contribution in [-0.2, 0) is 5.60 Å². The number of aliphatic hydroxyl groups is 1. The predicted octanol–water partition coefficient (Wildman–Crippen LogP) is 3.27. The van der Waals surface area contributed by atoms with Crippen molar-refractivity contribution in [2.24, 2.45) is 0 Å². The van der Waals surface area contributed by atoms with Crippen LogP contribution in [0.5, 0.6) is 5.75 Å². The number of hydrogen-bond donors (Lipinski definition) is 3. The topological polar surface area (TPSA) is 70.6 Å². The lowest BCUT2D eigenvalue weighted by Crippen LogP contribution is -2.51. The fraction of sp³-hybridized carbons (Fsp3) is 0.235. The summed E-state index contributed by atoms with van der Waals surface area (Å²) in [6.45, 7) is -1.04. The van der Waals surface area contributed by atoms with Crippen LogP contribution in [0.4, 0.5) is 23.7 Å². The first-order chi connectivity index (χ1) is 11.8. The third kappa shape index (κ3) is 4.21. The van der Waals surface area contributed by atoms with Crippen molar-refractivity contribution in [1.29, 1.82) is 0 Å². The molecule has 0 aliphatic heterocycles. The van der Waals surface area contributed by atoms with Gasteiger partial charge in [-0.05, 0) is 17.7 Å². The lowest BCUT2D eigenvalue weighted by molar-refractivity contribution is -0.263. The standard InChI is InChI=1S/C17H17F3N2O3/c1-25-14-10-6-5-9-13(14)22-15(23)21-11-16(24,17(18,19)20)12-7-3-2-4-8-12/h2-10,24H,11H2,1H3,(H2,21,22,23). The Balaban J connectivity index is 2.12. The van der Waals surface area contributed by atoms with Gasteiger partial charge in [-0.25, -0.2) is 4.79 Å². The van der Waals surface area contributed by atoms with Gasteiger partial charge < -0.3 is 20.5 Å². The number of ether oxygens (including phenoxy) is 1. The number of carbonyl (C=O) groups excluding carboxylic acids is 1. The molecule has 8 heteroatoms. The SMILES string of the molecule is COc1ccccc1NC(=O)NCC(O)(c1ccccc1)C(F)(F)F. The number of para-hydroxylation sites is 2. The second-order valence-corrected chi connectivity index (χ2v) is 5.23. The average Bonchev–Trinajstić information content (AvgIpc) is 2.60. The smallest absolute Gasteiger partial charge is 0.423 e. The van der Waals surface area contributed by atoms with E-state index < -0.39 is 24.4 Å². The van der Waals surface area contributed by atoms with E-state index in [0.717, 1.165) is 12.1 Å². The number of benzene rings is 2. The minimum absolute atomic E-state index is 0.290. The molecule has 0 fully saturated rings. The monoisotopic (exact) mass is 354 g/mol. The summed E-state index contributed by atoms with van der Waals surface area (Å²) in [5.41, 5.74) is -3.27. The Bertz CT molecular complexity index is 723. The second kappa shape index (κ2) is 7.43. The summed E-state index contributed by atoms with van der Waals surface area (Å²) < 4.78 is 45.1. The zero-order valence-corrected chi connectivity index (χ0v) is 13.3. The van der Waals surface area contributed by atoms with Gasteiger partial charge in [-0.1, -0.05) is 42.5 Å². The highest BCUT2D eigenvalue weighted by molar-refractivity contribution is 5.90. The number of halogens is 3. The van der Waals surface area contributed by atoms with Crippen molar-refractivity contribution >= 4 is 11.7 Å². The first kappa shape index (κ1) is 18.6. The van der Waals surface area contributed by atoms with Gasteiger partial charge in [0, 0.05) is 0 Å². The molecule has 0 radical (unpaired) electrons. The highest BCUT2D eigenvalue weighted by Crippen LogP contribution is 2.38. The lowest BCUT2D eigenvalue weighted by atomic mass is 9.93. The average molecular weight is 354 g/mol. The second-order valence-electron chi connectivity index (χ2n) is 5.23. The first-order valence-electron chi connectivity index (χ1n) is 7.30. The van der Waals surface area contributed by atoms with Crippen LogP contribution >= 0.6 is 0 Å². The largest absolute Gasteiger partial charge is 0.495 e. The van der Waals surface area contributed by atoms with E-state index in [1.165, 1.54) is 31.4 Å². The van der Waals surface area contributed by atoms with E-state index in [1.807, 2.05) is 0 Å². The van der Waals surface area contributed by atoms with Crippen molar-refractivity contribution < 1.29 is 27.8 Å². The van der Waals surface area contributed by atoms with Crippen molar-refractivity contribution in [2.45, 2.75) is 11.8 Å². The maximum absolute atomic E-state index is 13.3. The number of alkyl halides is 3. The number of amides is 2. The molecule has 134 valence electrons. The number of urea groups is 1. The number of hydrogen-bond acceptors (Lipinski definition) is 3. The zero-order valence-electron chi connectivity index (χ0n) is 13.3. The summed E-state index contributed by atoms with van der Waals surface area (Å²) in [7, 11) is 1.40. The molecule has 0 saturated heterocycles. The Morgan fingerprint density at radius 1 is 1.08 bits per heavy atom. The molecule has 2 amide bonds. The molecule has 2 rings (SSSR count). The van der Waals surface area contributed by atoms with Gasteiger partial charge in [0.05, 0.1) is 19.3 Å².